The number of nitrogens with zero attached hydrogens (tertiary/aromatic N) is 1. The van der Waals surface area contributed by atoms with Crippen molar-refractivity contribution in [3.8, 4) is 0 Å². The minimum Gasteiger partial charge on any atom is -0.385 e. The van der Waals surface area contributed by atoms with Crippen molar-refractivity contribution in [1.29, 1.82) is 0 Å². The average Bonchev–Trinajstić information content (AvgIpc) is 2.28. The average molecular weight is 248 g/mol. The predicted octanol–water partition coefficient (Wildman–Crippen LogP) is 3.01. The van der Waals surface area contributed by atoms with Gasteiger partial charge in [0.05, 0.1) is 5.60 Å². The number of aryl methyl sites for hydroxylation is 1. The molecule has 1 aliphatic rings. The van der Waals surface area contributed by atoms with E-state index in [9.17, 15) is 5.11 Å². The van der Waals surface area contributed by atoms with Gasteiger partial charge in [-0.25, -0.2) is 4.98 Å². The fourth-order valence-electron chi connectivity index (χ4n) is 3.28. The maximum absolute atomic E-state index is 11.0. The number of aliphatic hydroxyl groups is 1. The van der Waals surface area contributed by atoms with E-state index in [0.717, 1.165) is 30.4 Å². The van der Waals surface area contributed by atoms with Crippen LogP contribution in [0.2, 0.25) is 0 Å². The minimum absolute atomic E-state index is 0.488. The molecule has 1 fully saturated rings. The van der Waals surface area contributed by atoms with Crippen LogP contribution in [-0.4, -0.2) is 10.1 Å². The lowest BCUT2D eigenvalue weighted by atomic mass is 9.70. The highest BCUT2D eigenvalue weighted by atomic mass is 16.3. The maximum Gasteiger partial charge on any atom is 0.129 e. The van der Waals surface area contributed by atoms with Gasteiger partial charge in [-0.3, -0.25) is 0 Å². The van der Waals surface area contributed by atoms with Gasteiger partial charge in [-0.05, 0) is 56.1 Å². The molecule has 0 amide bonds. The summed E-state index contributed by atoms with van der Waals surface area (Å²) in [6.07, 6.45) is 5.58. The Morgan fingerprint density at radius 2 is 2.22 bits per heavy atom. The van der Waals surface area contributed by atoms with E-state index < -0.39 is 5.60 Å². The van der Waals surface area contributed by atoms with Crippen LogP contribution in [0.5, 0.6) is 0 Å². The summed E-state index contributed by atoms with van der Waals surface area (Å²) in [5, 5.41) is 11.0. The Kier molecular flexibility index (Phi) is 3.62. The van der Waals surface area contributed by atoms with Crippen molar-refractivity contribution in [1.82, 2.24) is 4.98 Å². The Morgan fingerprint density at radius 1 is 1.50 bits per heavy atom. The third-order valence-corrected chi connectivity index (χ3v) is 4.36. The van der Waals surface area contributed by atoms with Crippen molar-refractivity contribution in [2.75, 3.05) is 5.73 Å². The fraction of sp³-hybridized carbons (Fsp3) is 0.667. The molecule has 0 aromatic carbocycles. The molecule has 100 valence electrons. The Balaban J connectivity index is 2.36. The normalized spacial score (nSPS) is 28.6. The lowest BCUT2D eigenvalue weighted by molar-refractivity contribution is -0.0295. The first-order chi connectivity index (χ1) is 8.44. The number of nitrogens with two attached hydrogens (primary N) is 1. The van der Waals surface area contributed by atoms with Gasteiger partial charge in [0.2, 0.25) is 0 Å². The molecule has 3 N–H and O–H groups in total. The molecule has 1 heterocycles. The molecule has 3 heteroatoms. The number of hydrogen-bond acceptors (Lipinski definition) is 3. The van der Waals surface area contributed by atoms with E-state index in [1.54, 1.807) is 6.20 Å². The van der Waals surface area contributed by atoms with Crippen LogP contribution in [0.15, 0.2) is 12.3 Å². The van der Waals surface area contributed by atoms with Gasteiger partial charge in [-0.1, -0.05) is 13.8 Å². The van der Waals surface area contributed by atoms with Crippen LogP contribution >= 0.6 is 0 Å². The molecule has 0 aliphatic heterocycles. The van der Waals surface area contributed by atoms with Crippen molar-refractivity contribution in [3.05, 3.63) is 23.4 Å². The highest BCUT2D eigenvalue weighted by Crippen LogP contribution is 2.44. The molecule has 1 aromatic rings. The largest absolute Gasteiger partial charge is 0.385 e. The Labute approximate surface area is 109 Å². The number of anilines is 1. The van der Waals surface area contributed by atoms with Crippen molar-refractivity contribution in [2.24, 2.45) is 11.8 Å². The summed E-state index contributed by atoms with van der Waals surface area (Å²) in [5.41, 5.74) is 7.11. The van der Waals surface area contributed by atoms with Gasteiger partial charge in [0.15, 0.2) is 0 Å². The zero-order valence-corrected chi connectivity index (χ0v) is 11.6. The first kappa shape index (κ1) is 13.3. The third kappa shape index (κ3) is 2.37. The number of rotatable bonds is 2. The number of nitrogen functional groups attached to an aromatic ring is 1. The molecule has 3 nitrogen and oxygen atoms in total. The van der Waals surface area contributed by atoms with Crippen LogP contribution in [-0.2, 0) is 5.60 Å². The summed E-state index contributed by atoms with van der Waals surface area (Å²) in [6, 6.07) is 1.93. The summed E-state index contributed by atoms with van der Waals surface area (Å²) in [6.45, 7) is 6.47. The van der Waals surface area contributed by atoms with E-state index in [-0.39, 0.29) is 0 Å². The lowest BCUT2D eigenvalue weighted by Gasteiger charge is -2.39. The van der Waals surface area contributed by atoms with Gasteiger partial charge in [0.1, 0.15) is 5.82 Å². The Morgan fingerprint density at radius 3 is 2.83 bits per heavy atom. The monoisotopic (exact) mass is 248 g/mol. The smallest absolute Gasteiger partial charge is 0.129 e. The molecule has 1 aromatic heterocycles. The molecular formula is C15H24N2O. The van der Waals surface area contributed by atoms with Crippen LogP contribution in [0, 0.1) is 18.8 Å². The molecule has 1 aliphatic carbocycles. The second-order valence-electron chi connectivity index (χ2n) is 6.02. The number of pyridine rings is 1. The van der Waals surface area contributed by atoms with Gasteiger partial charge in [-0.15, -0.1) is 0 Å². The predicted molar refractivity (Wildman–Crippen MR) is 74.1 cm³/mol. The van der Waals surface area contributed by atoms with Gasteiger partial charge in [0.25, 0.3) is 0 Å². The van der Waals surface area contributed by atoms with E-state index >= 15 is 0 Å². The molecule has 0 bridgehead atoms. The van der Waals surface area contributed by atoms with Gasteiger partial charge < -0.3 is 10.8 Å². The van der Waals surface area contributed by atoms with Crippen molar-refractivity contribution in [3.63, 3.8) is 0 Å². The second kappa shape index (κ2) is 4.88. The van der Waals surface area contributed by atoms with Gasteiger partial charge >= 0.3 is 0 Å². The molecule has 1 saturated carbocycles. The molecule has 0 saturated heterocycles. The summed E-state index contributed by atoms with van der Waals surface area (Å²) >= 11 is 0. The second-order valence-corrected chi connectivity index (χ2v) is 6.02. The van der Waals surface area contributed by atoms with E-state index in [2.05, 4.69) is 18.8 Å². The molecular weight excluding hydrogens is 224 g/mol. The van der Waals surface area contributed by atoms with Gasteiger partial charge in [0, 0.05) is 11.8 Å². The SMILES string of the molecule is Cc1ccnc(N)c1C1(O)CCCC(C(C)C)C1. The molecule has 2 atom stereocenters. The van der Waals surface area contributed by atoms with E-state index in [1.807, 2.05) is 13.0 Å². The van der Waals surface area contributed by atoms with Crippen molar-refractivity contribution < 1.29 is 5.11 Å². The Bertz CT molecular complexity index is 410. The first-order valence-corrected chi connectivity index (χ1v) is 6.88. The minimum atomic E-state index is -0.782. The molecule has 0 radical (unpaired) electrons. The van der Waals surface area contributed by atoms with Crippen molar-refractivity contribution in [2.45, 2.75) is 52.1 Å². The summed E-state index contributed by atoms with van der Waals surface area (Å²) in [4.78, 5) is 4.15. The zero-order valence-electron chi connectivity index (χ0n) is 11.6. The van der Waals surface area contributed by atoms with Crippen LogP contribution in [0.4, 0.5) is 5.82 Å². The fourth-order valence-corrected chi connectivity index (χ4v) is 3.28. The quantitative estimate of drug-likeness (QED) is 0.845. The third-order valence-electron chi connectivity index (χ3n) is 4.36. The molecule has 2 rings (SSSR count). The zero-order chi connectivity index (χ0) is 13.3. The highest BCUT2D eigenvalue weighted by Gasteiger charge is 2.39. The number of aromatic nitrogens is 1. The molecule has 0 spiro atoms. The van der Waals surface area contributed by atoms with E-state index in [0.29, 0.717) is 17.7 Å². The topological polar surface area (TPSA) is 59.1 Å². The van der Waals surface area contributed by atoms with Crippen LogP contribution in [0.1, 0.15) is 50.7 Å². The molecule has 2 unspecified atom stereocenters. The lowest BCUT2D eigenvalue weighted by Crippen LogP contribution is -2.36. The van der Waals surface area contributed by atoms with Gasteiger partial charge in [-0.2, -0.15) is 0 Å². The highest BCUT2D eigenvalue weighted by molar-refractivity contribution is 5.48. The van der Waals surface area contributed by atoms with Crippen LogP contribution in [0.25, 0.3) is 0 Å². The summed E-state index contributed by atoms with van der Waals surface area (Å²) in [7, 11) is 0. The maximum atomic E-state index is 11.0. The summed E-state index contributed by atoms with van der Waals surface area (Å²) in [5.74, 6) is 1.67. The van der Waals surface area contributed by atoms with Crippen LogP contribution in [0.3, 0.4) is 0 Å². The summed E-state index contributed by atoms with van der Waals surface area (Å²) < 4.78 is 0. The Hall–Kier alpha value is -1.09. The van der Waals surface area contributed by atoms with E-state index in [4.69, 9.17) is 5.73 Å². The van der Waals surface area contributed by atoms with Crippen molar-refractivity contribution >= 4 is 5.82 Å². The van der Waals surface area contributed by atoms with Crippen LogP contribution < -0.4 is 5.73 Å². The number of hydrogen-bond donors (Lipinski definition) is 2. The first-order valence-electron chi connectivity index (χ1n) is 6.88. The molecule has 18 heavy (non-hydrogen) atoms. The standard InChI is InChI=1S/C15H24N2O/c1-10(2)12-5-4-7-15(18,9-12)13-11(3)6-8-17-14(13)16/h6,8,10,12,18H,4-5,7,9H2,1-3H3,(H2,16,17). The van der Waals surface area contributed by atoms with E-state index in [1.165, 1.54) is 6.42 Å².